The molecule has 0 spiro atoms. The molecule has 1 unspecified atom stereocenters. The van der Waals surface area contributed by atoms with E-state index in [4.69, 9.17) is 4.74 Å². The van der Waals surface area contributed by atoms with Crippen LogP contribution in [0.15, 0.2) is 24.5 Å². The molecular formula is C23H31N5O2. The number of carbonyl (C=O) groups is 1. The quantitative estimate of drug-likeness (QED) is 0.757. The zero-order valence-corrected chi connectivity index (χ0v) is 17.8. The molecule has 7 heteroatoms. The van der Waals surface area contributed by atoms with Crippen LogP contribution in [0.2, 0.25) is 0 Å². The maximum absolute atomic E-state index is 11.8. The number of hydrogen-bond donors (Lipinski definition) is 0. The van der Waals surface area contributed by atoms with Crippen molar-refractivity contribution in [2.24, 2.45) is 0 Å². The summed E-state index contributed by atoms with van der Waals surface area (Å²) >= 11 is 0. The highest BCUT2D eigenvalue weighted by Gasteiger charge is 2.30. The van der Waals surface area contributed by atoms with Gasteiger partial charge in [-0.2, -0.15) is 0 Å². The molecule has 1 saturated carbocycles. The second-order valence-corrected chi connectivity index (χ2v) is 8.89. The summed E-state index contributed by atoms with van der Waals surface area (Å²) < 4.78 is 6.23. The van der Waals surface area contributed by atoms with Crippen LogP contribution in [-0.4, -0.2) is 77.6 Å². The van der Waals surface area contributed by atoms with E-state index in [0.29, 0.717) is 12.5 Å². The summed E-state index contributed by atoms with van der Waals surface area (Å²) in [5.74, 6) is 1.01. The monoisotopic (exact) mass is 409 g/mol. The number of fused-ring (bicyclic) bond motifs is 1. The first-order chi connectivity index (χ1) is 14.7. The number of anilines is 1. The van der Waals surface area contributed by atoms with Crippen molar-refractivity contribution in [1.82, 2.24) is 19.8 Å². The number of rotatable bonds is 5. The molecule has 1 amide bonds. The molecule has 2 saturated heterocycles. The lowest BCUT2D eigenvalue weighted by atomic mass is 10.1. The Hall–Kier alpha value is -2.41. The lowest BCUT2D eigenvalue weighted by molar-refractivity contribution is -0.127. The van der Waals surface area contributed by atoms with E-state index in [-0.39, 0.29) is 12.0 Å². The largest absolute Gasteiger partial charge is 0.474 e. The summed E-state index contributed by atoms with van der Waals surface area (Å²) in [5, 5.41) is 1.01. The van der Waals surface area contributed by atoms with Crippen molar-refractivity contribution in [2.45, 2.75) is 50.7 Å². The molecule has 3 heterocycles. The Morgan fingerprint density at radius 2 is 1.87 bits per heavy atom. The number of carbonyl (C=O) groups excluding carboxylic acids is 1. The van der Waals surface area contributed by atoms with Gasteiger partial charge in [0.1, 0.15) is 12.4 Å². The number of aromatic nitrogens is 2. The number of hydrogen-bond acceptors (Lipinski definition) is 6. The van der Waals surface area contributed by atoms with Crippen molar-refractivity contribution >= 4 is 22.5 Å². The topological polar surface area (TPSA) is 61.8 Å². The summed E-state index contributed by atoms with van der Waals surface area (Å²) in [6.07, 6.45) is 8.31. The fraction of sp³-hybridized carbons (Fsp3) is 0.609. The summed E-state index contributed by atoms with van der Waals surface area (Å²) in [6, 6.07) is 6.81. The molecule has 1 aliphatic carbocycles. The highest BCUT2D eigenvalue weighted by Crippen LogP contribution is 2.30. The lowest BCUT2D eigenvalue weighted by Gasteiger charge is -2.38. The minimum absolute atomic E-state index is 0.285. The van der Waals surface area contributed by atoms with Crippen LogP contribution >= 0.6 is 0 Å². The van der Waals surface area contributed by atoms with Crippen molar-refractivity contribution in [3.63, 3.8) is 0 Å². The molecule has 1 aromatic carbocycles. The second-order valence-electron chi connectivity index (χ2n) is 8.89. The molecular weight excluding hydrogens is 378 g/mol. The van der Waals surface area contributed by atoms with E-state index >= 15 is 0 Å². The van der Waals surface area contributed by atoms with Gasteiger partial charge in [-0.3, -0.25) is 9.69 Å². The molecule has 1 atom stereocenters. The molecule has 5 rings (SSSR count). The first-order valence-electron chi connectivity index (χ1n) is 11.3. The van der Waals surface area contributed by atoms with Gasteiger partial charge in [0.2, 0.25) is 11.8 Å². The van der Waals surface area contributed by atoms with Crippen molar-refractivity contribution in [3.05, 3.63) is 24.5 Å². The lowest BCUT2D eigenvalue weighted by Crippen LogP contribution is -2.50. The third-order valence-electron chi connectivity index (χ3n) is 7.00. The van der Waals surface area contributed by atoms with E-state index in [1.54, 1.807) is 6.33 Å². The molecule has 0 radical (unpaired) electrons. The molecule has 0 bridgehead atoms. The Balaban J connectivity index is 1.25. The predicted octanol–water partition coefficient (Wildman–Crippen LogP) is 2.69. The molecule has 0 N–H and O–H groups in total. The molecule has 3 aliphatic rings. The minimum atomic E-state index is 0.285. The van der Waals surface area contributed by atoms with Gasteiger partial charge in [0.05, 0.1) is 10.9 Å². The maximum atomic E-state index is 11.8. The van der Waals surface area contributed by atoms with E-state index in [9.17, 15) is 4.79 Å². The fourth-order valence-electron chi connectivity index (χ4n) is 5.04. The third-order valence-corrected chi connectivity index (χ3v) is 7.00. The zero-order valence-electron chi connectivity index (χ0n) is 17.8. The van der Waals surface area contributed by atoms with Crippen LogP contribution in [0.1, 0.15) is 38.5 Å². The third kappa shape index (κ3) is 3.95. The van der Waals surface area contributed by atoms with Gasteiger partial charge in [-0.25, -0.2) is 9.97 Å². The minimum Gasteiger partial charge on any atom is -0.474 e. The van der Waals surface area contributed by atoms with Gasteiger partial charge in [-0.15, -0.1) is 0 Å². The predicted molar refractivity (Wildman–Crippen MR) is 117 cm³/mol. The molecule has 30 heavy (non-hydrogen) atoms. The van der Waals surface area contributed by atoms with Crippen molar-refractivity contribution < 1.29 is 9.53 Å². The highest BCUT2D eigenvalue weighted by atomic mass is 16.5. The average molecular weight is 410 g/mol. The van der Waals surface area contributed by atoms with Crippen molar-refractivity contribution in [1.29, 1.82) is 0 Å². The smallest absolute Gasteiger partial charge is 0.224 e. The zero-order chi connectivity index (χ0) is 20.5. The first kappa shape index (κ1) is 19.5. The van der Waals surface area contributed by atoms with E-state index in [1.165, 1.54) is 18.5 Å². The van der Waals surface area contributed by atoms with Crippen LogP contribution in [0, 0.1) is 0 Å². The summed E-state index contributed by atoms with van der Waals surface area (Å²) in [5.41, 5.74) is 2.15. The van der Waals surface area contributed by atoms with Gasteiger partial charge in [-0.1, -0.05) is 0 Å². The molecule has 7 nitrogen and oxygen atoms in total. The van der Waals surface area contributed by atoms with Crippen LogP contribution in [0.3, 0.4) is 0 Å². The number of likely N-dealkylation sites (tertiary alicyclic amines) is 1. The van der Waals surface area contributed by atoms with Gasteiger partial charge in [0, 0.05) is 57.9 Å². The molecule has 2 aromatic rings. The van der Waals surface area contributed by atoms with Gasteiger partial charge < -0.3 is 14.5 Å². The Kier molecular flexibility index (Phi) is 5.46. The molecule has 3 fully saturated rings. The first-order valence-corrected chi connectivity index (χ1v) is 11.3. The van der Waals surface area contributed by atoms with Gasteiger partial charge in [-0.05, 0) is 50.3 Å². The van der Waals surface area contributed by atoms with E-state index in [2.05, 4.69) is 38.0 Å². The Morgan fingerprint density at radius 1 is 1.07 bits per heavy atom. The molecule has 160 valence electrons. The molecule has 2 aliphatic heterocycles. The Morgan fingerprint density at radius 3 is 2.60 bits per heavy atom. The highest BCUT2D eigenvalue weighted by molar-refractivity contribution is 5.86. The van der Waals surface area contributed by atoms with Crippen molar-refractivity contribution in [2.75, 3.05) is 44.7 Å². The number of ether oxygens (including phenoxy) is 1. The summed E-state index contributed by atoms with van der Waals surface area (Å²) in [4.78, 5) is 27.5. The van der Waals surface area contributed by atoms with Gasteiger partial charge >= 0.3 is 0 Å². The molecule has 1 aromatic heterocycles. The summed E-state index contributed by atoms with van der Waals surface area (Å²) in [6.45, 7) is 5.01. The van der Waals surface area contributed by atoms with Crippen LogP contribution in [0.4, 0.5) is 5.69 Å². The van der Waals surface area contributed by atoms with Gasteiger partial charge in [0.25, 0.3) is 0 Å². The number of benzene rings is 1. The van der Waals surface area contributed by atoms with Gasteiger partial charge in [0.15, 0.2) is 0 Å². The van der Waals surface area contributed by atoms with E-state index < -0.39 is 0 Å². The average Bonchev–Trinajstić information content (AvgIpc) is 3.40. The number of likely N-dealkylation sites (N-methyl/N-ethyl adjacent to an activating group) is 1. The number of nitrogens with zero attached hydrogens (tertiary/aromatic N) is 5. The second kappa shape index (κ2) is 8.38. The van der Waals surface area contributed by atoms with E-state index in [0.717, 1.165) is 68.8 Å². The standard InChI is InChI=1S/C23H31N5O2/c1-26-18(7-9-22(26)29)15-27-10-12-28(13-11-27)17-6-8-21-20(14-17)23(25-16-24-21)30-19-4-2-3-5-19/h6,8,14,16,18-19H,2-5,7,9-13,15H2,1H3. The Bertz CT molecular complexity index is 906. The van der Waals surface area contributed by atoms with Crippen LogP contribution < -0.4 is 9.64 Å². The number of amides is 1. The van der Waals surface area contributed by atoms with E-state index in [1.807, 2.05) is 11.9 Å². The van der Waals surface area contributed by atoms with Crippen LogP contribution in [0.25, 0.3) is 10.9 Å². The Labute approximate surface area is 178 Å². The van der Waals surface area contributed by atoms with Crippen LogP contribution in [0.5, 0.6) is 5.88 Å². The van der Waals surface area contributed by atoms with Crippen LogP contribution in [-0.2, 0) is 4.79 Å². The normalized spacial score (nSPS) is 23.6. The summed E-state index contributed by atoms with van der Waals surface area (Å²) in [7, 11) is 1.94. The van der Waals surface area contributed by atoms with Crippen molar-refractivity contribution in [3.8, 4) is 5.88 Å². The number of piperazine rings is 1. The SMILES string of the molecule is CN1C(=O)CCC1CN1CCN(c2ccc3ncnc(OC4CCCC4)c3c2)CC1. The maximum Gasteiger partial charge on any atom is 0.224 e. The fourth-order valence-corrected chi connectivity index (χ4v) is 5.04.